The third kappa shape index (κ3) is 1.77. The highest BCUT2D eigenvalue weighted by atomic mass is 35.5. The highest BCUT2D eigenvalue weighted by molar-refractivity contribution is 6.18. The molecule has 1 heterocycles. The summed E-state index contributed by atoms with van der Waals surface area (Å²) in [6.45, 7) is 0.809. The van der Waals surface area contributed by atoms with Crippen LogP contribution in [0.15, 0.2) is 24.3 Å². The zero-order chi connectivity index (χ0) is 13.6. The number of fused-ring (bicyclic) bond motifs is 3. The molecule has 2 aromatic carbocycles. The predicted octanol–water partition coefficient (Wildman–Crippen LogP) is 2.81. The summed E-state index contributed by atoms with van der Waals surface area (Å²) in [5.41, 5.74) is 3.00. The number of hydrogen-bond donors (Lipinski definition) is 2. The topological polar surface area (TPSA) is 43.7 Å². The van der Waals surface area contributed by atoms with Crippen molar-refractivity contribution in [3.63, 3.8) is 0 Å². The fourth-order valence-electron chi connectivity index (χ4n) is 3.05. The Morgan fingerprint density at radius 1 is 1.42 bits per heavy atom. The van der Waals surface area contributed by atoms with Gasteiger partial charge in [0.25, 0.3) is 0 Å². The maximum absolute atomic E-state index is 10.2. The van der Waals surface area contributed by atoms with Gasteiger partial charge in [0.05, 0.1) is 6.61 Å². The molecule has 0 aromatic heterocycles. The minimum absolute atomic E-state index is 0.0358. The second-order valence-corrected chi connectivity index (χ2v) is 5.37. The number of anilines is 1. The number of rotatable bonds is 2. The van der Waals surface area contributed by atoms with Crippen LogP contribution in [0.5, 0.6) is 5.75 Å². The number of phenolic OH excluding ortho intramolecular Hbond substituents is 1. The van der Waals surface area contributed by atoms with Crippen LogP contribution in [0.1, 0.15) is 17.0 Å². The fourth-order valence-corrected chi connectivity index (χ4v) is 3.30. The Hall–Kier alpha value is -1.45. The largest absolute Gasteiger partial charge is 0.507 e. The van der Waals surface area contributed by atoms with Gasteiger partial charge in [-0.2, -0.15) is 0 Å². The first kappa shape index (κ1) is 12.6. The van der Waals surface area contributed by atoms with Gasteiger partial charge in [0.2, 0.25) is 0 Å². The van der Waals surface area contributed by atoms with Crippen LogP contribution in [0.3, 0.4) is 0 Å². The predicted molar refractivity (Wildman–Crippen MR) is 78.3 cm³/mol. The number of aliphatic hydroxyl groups is 1. The molecule has 0 radical (unpaired) electrons. The molecule has 1 unspecified atom stereocenters. The van der Waals surface area contributed by atoms with Crippen LogP contribution in [-0.2, 0) is 6.61 Å². The Bertz CT molecular complexity index is 642. The van der Waals surface area contributed by atoms with E-state index in [0.717, 1.165) is 34.1 Å². The first-order chi connectivity index (χ1) is 9.17. The summed E-state index contributed by atoms with van der Waals surface area (Å²) < 4.78 is 0. The van der Waals surface area contributed by atoms with Gasteiger partial charge in [-0.3, -0.25) is 0 Å². The molecule has 0 spiro atoms. The van der Waals surface area contributed by atoms with E-state index in [9.17, 15) is 10.2 Å². The number of aromatic hydroxyl groups is 1. The van der Waals surface area contributed by atoms with Crippen LogP contribution in [0, 0.1) is 0 Å². The number of aliphatic hydroxyl groups excluding tert-OH is 1. The van der Waals surface area contributed by atoms with E-state index in [-0.39, 0.29) is 18.3 Å². The van der Waals surface area contributed by atoms with Crippen molar-refractivity contribution in [2.75, 3.05) is 24.4 Å². The molecule has 0 fully saturated rings. The van der Waals surface area contributed by atoms with Crippen LogP contribution in [-0.4, -0.2) is 29.7 Å². The molecule has 0 saturated heterocycles. The summed E-state index contributed by atoms with van der Waals surface area (Å²) in [5, 5.41) is 21.5. The molecule has 0 aliphatic carbocycles. The number of hydrogen-bond acceptors (Lipinski definition) is 3. The molecule has 1 atom stereocenters. The molecular formula is C15H16ClNO2. The zero-order valence-electron chi connectivity index (χ0n) is 10.7. The summed E-state index contributed by atoms with van der Waals surface area (Å²) in [5.74, 6) is 1.03. The Morgan fingerprint density at radius 2 is 2.21 bits per heavy atom. The lowest BCUT2D eigenvalue weighted by atomic mass is 9.92. The summed E-state index contributed by atoms with van der Waals surface area (Å²) in [7, 11) is 2.00. The molecule has 19 heavy (non-hydrogen) atoms. The van der Waals surface area contributed by atoms with Crippen molar-refractivity contribution in [3.05, 3.63) is 35.4 Å². The zero-order valence-corrected chi connectivity index (χ0v) is 11.5. The smallest absolute Gasteiger partial charge is 0.125 e. The number of alkyl halides is 1. The number of likely N-dealkylation sites (N-methyl/N-ethyl adjacent to an activating group) is 1. The third-order valence-electron chi connectivity index (χ3n) is 3.92. The monoisotopic (exact) mass is 277 g/mol. The number of phenols is 1. The molecule has 0 saturated carbocycles. The van der Waals surface area contributed by atoms with E-state index in [2.05, 4.69) is 4.90 Å². The maximum Gasteiger partial charge on any atom is 0.125 e. The maximum atomic E-state index is 10.2. The summed E-state index contributed by atoms with van der Waals surface area (Å²) in [6.07, 6.45) is 0. The minimum Gasteiger partial charge on any atom is -0.507 e. The minimum atomic E-state index is -0.0358. The fraction of sp³-hybridized carbons (Fsp3) is 0.333. The Kier molecular flexibility index (Phi) is 3.03. The van der Waals surface area contributed by atoms with Crippen LogP contribution < -0.4 is 4.90 Å². The van der Waals surface area contributed by atoms with Crippen molar-refractivity contribution in [1.82, 2.24) is 0 Å². The highest BCUT2D eigenvalue weighted by Gasteiger charge is 2.29. The molecule has 4 heteroatoms. The third-order valence-corrected chi connectivity index (χ3v) is 4.29. The second-order valence-electron chi connectivity index (χ2n) is 5.06. The SMILES string of the molecule is CN1CC(CCl)c2c1cc(O)c1cccc(CO)c21. The van der Waals surface area contributed by atoms with Crippen molar-refractivity contribution in [1.29, 1.82) is 0 Å². The van der Waals surface area contributed by atoms with Crippen LogP contribution in [0.4, 0.5) is 5.69 Å². The van der Waals surface area contributed by atoms with Gasteiger partial charge in [-0.15, -0.1) is 11.6 Å². The first-order valence-electron chi connectivity index (χ1n) is 6.32. The lowest BCUT2D eigenvalue weighted by Crippen LogP contribution is -2.15. The molecular weight excluding hydrogens is 262 g/mol. The number of benzene rings is 2. The molecule has 2 aromatic rings. The van der Waals surface area contributed by atoms with Gasteiger partial charge >= 0.3 is 0 Å². The van der Waals surface area contributed by atoms with Crippen molar-refractivity contribution < 1.29 is 10.2 Å². The molecule has 0 bridgehead atoms. The van der Waals surface area contributed by atoms with Crippen LogP contribution >= 0.6 is 11.6 Å². The van der Waals surface area contributed by atoms with Gasteiger partial charge in [-0.1, -0.05) is 18.2 Å². The lowest BCUT2D eigenvalue weighted by Gasteiger charge is -2.15. The average Bonchev–Trinajstić information content (AvgIpc) is 2.75. The highest BCUT2D eigenvalue weighted by Crippen LogP contribution is 2.45. The normalized spacial score (nSPS) is 18.1. The Labute approximate surface area is 117 Å². The van der Waals surface area contributed by atoms with E-state index in [1.54, 1.807) is 6.07 Å². The van der Waals surface area contributed by atoms with E-state index in [1.807, 2.05) is 25.2 Å². The van der Waals surface area contributed by atoms with Gasteiger partial charge in [-0.25, -0.2) is 0 Å². The number of halogens is 1. The Balaban J connectivity index is 2.43. The van der Waals surface area contributed by atoms with E-state index < -0.39 is 0 Å². The first-order valence-corrected chi connectivity index (χ1v) is 6.86. The van der Waals surface area contributed by atoms with Crippen LogP contribution in [0.2, 0.25) is 0 Å². The van der Waals surface area contributed by atoms with Crippen LogP contribution in [0.25, 0.3) is 10.8 Å². The molecule has 100 valence electrons. The van der Waals surface area contributed by atoms with E-state index in [1.165, 1.54) is 0 Å². The molecule has 1 aliphatic rings. The van der Waals surface area contributed by atoms with Crippen molar-refractivity contribution >= 4 is 28.1 Å². The van der Waals surface area contributed by atoms with E-state index in [4.69, 9.17) is 11.6 Å². The molecule has 2 N–H and O–H groups in total. The molecule has 0 amide bonds. The van der Waals surface area contributed by atoms with Gasteiger partial charge in [0.1, 0.15) is 5.75 Å². The molecule has 1 aliphatic heterocycles. The average molecular weight is 278 g/mol. The van der Waals surface area contributed by atoms with Crippen molar-refractivity contribution in [2.45, 2.75) is 12.5 Å². The lowest BCUT2D eigenvalue weighted by molar-refractivity contribution is 0.283. The van der Waals surface area contributed by atoms with Gasteiger partial charge in [0, 0.05) is 42.5 Å². The van der Waals surface area contributed by atoms with E-state index in [0.29, 0.717) is 5.88 Å². The number of nitrogens with zero attached hydrogens (tertiary/aromatic N) is 1. The second kappa shape index (κ2) is 4.58. The summed E-state index contributed by atoms with van der Waals surface area (Å²) in [6, 6.07) is 7.43. The standard InChI is InChI=1S/C15H16ClNO2/c1-17-7-10(6-16)15-12(17)5-13(19)11-4-2-3-9(8-18)14(11)15/h2-5,10,18-19H,6-8H2,1H3. The summed E-state index contributed by atoms with van der Waals surface area (Å²) >= 11 is 6.08. The molecule has 3 rings (SSSR count). The van der Waals surface area contributed by atoms with E-state index >= 15 is 0 Å². The Morgan fingerprint density at radius 3 is 2.89 bits per heavy atom. The van der Waals surface area contributed by atoms with Gasteiger partial charge < -0.3 is 15.1 Å². The van der Waals surface area contributed by atoms with Crippen molar-refractivity contribution in [3.8, 4) is 5.75 Å². The quantitative estimate of drug-likeness (QED) is 0.830. The van der Waals surface area contributed by atoms with Gasteiger partial charge in [-0.05, 0) is 16.5 Å². The molecule has 3 nitrogen and oxygen atoms in total. The van der Waals surface area contributed by atoms with Crippen molar-refractivity contribution in [2.24, 2.45) is 0 Å². The van der Waals surface area contributed by atoms with Gasteiger partial charge in [0.15, 0.2) is 0 Å². The summed E-state index contributed by atoms with van der Waals surface area (Å²) in [4.78, 5) is 2.11.